The number of likely N-dealkylation sites (tertiary alicyclic amines) is 1. The molecule has 0 atom stereocenters. The third-order valence-electron chi connectivity index (χ3n) is 2.62. The van der Waals surface area contributed by atoms with Crippen molar-refractivity contribution in [3.63, 3.8) is 0 Å². The molecule has 1 aliphatic heterocycles. The summed E-state index contributed by atoms with van der Waals surface area (Å²) < 4.78 is 0. The minimum atomic E-state index is 0.0307. The Morgan fingerprint density at radius 3 is 2.14 bits per heavy atom. The van der Waals surface area contributed by atoms with Crippen LogP contribution in [0.25, 0.3) is 0 Å². The van der Waals surface area contributed by atoms with Gasteiger partial charge in [0.1, 0.15) is 0 Å². The van der Waals surface area contributed by atoms with Crippen LogP contribution in [0.5, 0.6) is 0 Å². The second-order valence-electron chi connectivity index (χ2n) is 3.85. The molecule has 0 radical (unpaired) electrons. The van der Waals surface area contributed by atoms with Gasteiger partial charge in [0, 0.05) is 19.4 Å². The van der Waals surface area contributed by atoms with E-state index in [9.17, 15) is 9.59 Å². The predicted octanol–water partition coefficient (Wildman–Crippen LogP) is 2.11. The first-order valence-corrected chi connectivity index (χ1v) is 5.59. The lowest BCUT2D eigenvalue weighted by atomic mass is 10.1. The molecule has 1 saturated heterocycles. The van der Waals surface area contributed by atoms with Crippen molar-refractivity contribution in [2.45, 2.75) is 51.9 Å². The van der Waals surface area contributed by atoms with Gasteiger partial charge in [0.05, 0.1) is 0 Å². The largest absolute Gasteiger partial charge is 0.283 e. The maximum absolute atomic E-state index is 11.6. The summed E-state index contributed by atoms with van der Waals surface area (Å²) in [6, 6.07) is 0. The number of unbranched alkanes of at least 4 members (excludes halogenated alkanes) is 1. The molecule has 0 aliphatic carbocycles. The van der Waals surface area contributed by atoms with Crippen LogP contribution in [0.4, 0.5) is 0 Å². The molecule has 1 rings (SSSR count). The van der Waals surface area contributed by atoms with E-state index in [0.29, 0.717) is 19.4 Å². The van der Waals surface area contributed by atoms with E-state index < -0.39 is 0 Å². The maximum atomic E-state index is 11.6. The van der Waals surface area contributed by atoms with Crippen LogP contribution in [-0.2, 0) is 9.59 Å². The summed E-state index contributed by atoms with van der Waals surface area (Å²) in [5.41, 5.74) is 0. The topological polar surface area (TPSA) is 37.4 Å². The highest BCUT2D eigenvalue weighted by atomic mass is 16.2. The van der Waals surface area contributed by atoms with E-state index >= 15 is 0 Å². The Bertz CT molecular complexity index is 195. The molecule has 0 aromatic heterocycles. The van der Waals surface area contributed by atoms with Crippen LogP contribution < -0.4 is 0 Å². The molecule has 2 amide bonds. The van der Waals surface area contributed by atoms with E-state index in [1.54, 1.807) is 0 Å². The normalized spacial score (nSPS) is 19.4. The van der Waals surface area contributed by atoms with Gasteiger partial charge in [0.25, 0.3) is 0 Å². The highest BCUT2D eigenvalue weighted by molar-refractivity contribution is 5.95. The van der Waals surface area contributed by atoms with E-state index in [1.807, 2.05) is 0 Å². The van der Waals surface area contributed by atoms with Crippen molar-refractivity contribution in [2.24, 2.45) is 0 Å². The van der Waals surface area contributed by atoms with Gasteiger partial charge in [0.15, 0.2) is 0 Å². The monoisotopic (exact) mass is 197 g/mol. The number of nitrogens with zero attached hydrogens (tertiary/aromatic N) is 1. The molecule has 14 heavy (non-hydrogen) atoms. The summed E-state index contributed by atoms with van der Waals surface area (Å²) in [7, 11) is 0. The van der Waals surface area contributed by atoms with E-state index in [4.69, 9.17) is 0 Å². The number of rotatable bonds is 3. The Labute approximate surface area is 85.5 Å². The molecule has 3 heteroatoms. The second-order valence-corrected chi connectivity index (χ2v) is 3.85. The zero-order valence-corrected chi connectivity index (χ0v) is 8.92. The lowest BCUT2D eigenvalue weighted by molar-refractivity contribution is -0.145. The van der Waals surface area contributed by atoms with Crippen LogP contribution in [0, 0.1) is 0 Å². The maximum Gasteiger partial charge on any atom is 0.229 e. The Morgan fingerprint density at radius 2 is 1.64 bits per heavy atom. The second kappa shape index (κ2) is 5.78. The highest BCUT2D eigenvalue weighted by Gasteiger charge is 2.21. The molecule has 80 valence electrons. The van der Waals surface area contributed by atoms with Crippen LogP contribution in [0.1, 0.15) is 51.9 Å². The van der Waals surface area contributed by atoms with Crippen molar-refractivity contribution in [2.75, 3.05) is 6.54 Å². The van der Waals surface area contributed by atoms with Gasteiger partial charge >= 0.3 is 0 Å². The fraction of sp³-hybridized carbons (Fsp3) is 0.818. The first-order valence-electron chi connectivity index (χ1n) is 5.59. The molecular weight excluding hydrogens is 178 g/mol. The summed E-state index contributed by atoms with van der Waals surface area (Å²) in [6.07, 6.45) is 5.95. The quantitative estimate of drug-likeness (QED) is 0.650. The van der Waals surface area contributed by atoms with Gasteiger partial charge in [0.2, 0.25) is 11.8 Å². The average Bonchev–Trinajstić information content (AvgIpc) is 2.15. The molecule has 3 nitrogen and oxygen atoms in total. The molecule has 0 N–H and O–H groups in total. The Balaban J connectivity index is 2.53. The summed E-state index contributed by atoms with van der Waals surface area (Å²) in [6.45, 7) is 2.69. The van der Waals surface area contributed by atoms with Crippen LogP contribution in [0.2, 0.25) is 0 Å². The zero-order valence-electron chi connectivity index (χ0n) is 8.92. The predicted molar refractivity (Wildman–Crippen MR) is 54.7 cm³/mol. The molecule has 0 saturated carbocycles. The smallest absolute Gasteiger partial charge is 0.229 e. The van der Waals surface area contributed by atoms with Crippen molar-refractivity contribution in [1.29, 1.82) is 0 Å². The first-order chi connectivity index (χ1) is 6.75. The molecule has 1 fully saturated rings. The van der Waals surface area contributed by atoms with Crippen molar-refractivity contribution < 1.29 is 9.59 Å². The Kier molecular flexibility index (Phi) is 4.63. The van der Waals surface area contributed by atoms with Crippen LogP contribution >= 0.6 is 0 Å². The van der Waals surface area contributed by atoms with E-state index in [-0.39, 0.29) is 11.8 Å². The van der Waals surface area contributed by atoms with Crippen LogP contribution in [0.3, 0.4) is 0 Å². The number of hydrogen-bond acceptors (Lipinski definition) is 2. The SMILES string of the molecule is CCCCN1C(=O)CCCCCC1=O. The third-order valence-corrected chi connectivity index (χ3v) is 2.62. The first kappa shape index (κ1) is 11.2. The van der Waals surface area contributed by atoms with Gasteiger partial charge in [-0.25, -0.2) is 0 Å². The van der Waals surface area contributed by atoms with Gasteiger partial charge < -0.3 is 0 Å². The fourth-order valence-corrected chi connectivity index (χ4v) is 1.70. The lowest BCUT2D eigenvalue weighted by Gasteiger charge is -2.22. The van der Waals surface area contributed by atoms with Gasteiger partial charge in [-0.05, 0) is 19.3 Å². The summed E-state index contributed by atoms with van der Waals surface area (Å²) in [4.78, 5) is 24.6. The number of imide groups is 1. The summed E-state index contributed by atoms with van der Waals surface area (Å²) >= 11 is 0. The minimum Gasteiger partial charge on any atom is -0.283 e. The fourth-order valence-electron chi connectivity index (χ4n) is 1.70. The number of carbonyl (C=O) groups excluding carboxylic acids is 2. The molecule has 0 unspecified atom stereocenters. The summed E-state index contributed by atoms with van der Waals surface area (Å²) in [5, 5.41) is 0. The van der Waals surface area contributed by atoms with Crippen molar-refractivity contribution in [3.8, 4) is 0 Å². The van der Waals surface area contributed by atoms with Gasteiger partial charge in [-0.1, -0.05) is 19.8 Å². The standard InChI is InChI=1S/C11H19NO2/c1-2-3-9-12-10(13)7-5-4-6-8-11(12)14/h2-9H2,1H3. The van der Waals surface area contributed by atoms with E-state index in [0.717, 1.165) is 32.1 Å². The van der Waals surface area contributed by atoms with Gasteiger partial charge in [-0.15, -0.1) is 0 Å². The van der Waals surface area contributed by atoms with Crippen molar-refractivity contribution in [3.05, 3.63) is 0 Å². The molecule has 0 aromatic rings. The van der Waals surface area contributed by atoms with Gasteiger partial charge in [-0.3, -0.25) is 14.5 Å². The Morgan fingerprint density at radius 1 is 1.07 bits per heavy atom. The molecule has 0 aromatic carbocycles. The zero-order chi connectivity index (χ0) is 10.4. The third kappa shape index (κ3) is 3.13. The number of hydrogen-bond donors (Lipinski definition) is 0. The van der Waals surface area contributed by atoms with Crippen molar-refractivity contribution >= 4 is 11.8 Å². The lowest BCUT2D eigenvalue weighted by Crippen LogP contribution is -2.38. The molecule has 1 aliphatic rings. The highest BCUT2D eigenvalue weighted by Crippen LogP contribution is 2.13. The van der Waals surface area contributed by atoms with Crippen LogP contribution in [-0.4, -0.2) is 23.3 Å². The Hall–Kier alpha value is -0.860. The average molecular weight is 197 g/mol. The van der Waals surface area contributed by atoms with Crippen molar-refractivity contribution in [1.82, 2.24) is 4.90 Å². The molecule has 0 spiro atoms. The van der Waals surface area contributed by atoms with E-state index in [1.165, 1.54) is 4.90 Å². The number of carbonyl (C=O) groups is 2. The summed E-state index contributed by atoms with van der Waals surface area (Å²) in [5.74, 6) is 0.0614. The minimum absolute atomic E-state index is 0.0307. The molecule has 1 heterocycles. The van der Waals surface area contributed by atoms with Crippen LogP contribution in [0.15, 0.2) is 0 Å². The number of amides is 2. The van der Waals surface area contributed by atoms with E-state index in [2.05, 4.69) is 6.92 Å². The molecule has 0 bridgehead atoms. The van der Waals surface area contributed by atoms with Gasteiger partial charge in [-0.2, -0.15) is 0 Å². The molecular formula is C11H19NO2.